The van der Waals surface area contributed by atoms with Crippen LogP contribution in [0.5, 0.6) is 11.5 Å². The average molecular weight is 527 g/mol. The smallest absolute Gasteiger partial charge is 0.334 e. The zero-order chi connectivity index (χ0) is 27.7. The normalized spacial score (nSPS) is 14.6. The number of carbonyl (C=O) groups is 3. The van der Waals surface area contributed by atoms with Crippen molar-refractivity contribution in [3.05, 3.63) is 59.2 Å². The number of carboxylic acids is 1. The molecule has 9 heteroatoms. The van der Waals surface area contributed by atoms with Crippen LogP contribution in [0.4, 0.5) is 4.79 Å². The van der Waals surface area contributed by atoms with Gasteiger partial charge in [-0.15, -0.1) is 0 Å². The molecule has 0 aromatic heterocycles. The summed E-state index contributed by atoms with van der Waals surface area (Å²) in [5.41, 5.74) is 0.856. The zero-order valence-electron chi connectivity index (χ0n) is 22.6. The maximum absolute atomic E-state index is 13.5. The van der Waals surface area contributed by atoms with Crippen molar-refractivity contribution in [1.29, 1.82) is 0 Å². The van der Waals surface area contributed by atoms with E-state index in [-0.39, 0.29) is 19.0 Å². The fraction of sp³-hybridized carbons (Fsp3) is 0.483. The Morgan fingerprint density at radius 3 is 2.13 bits per heavy atom. The molecule has 0 saturated carbocycles. The van der Waals surface area contributed by atoms with Crippen LogP contribution in [-0.2, 0) is 16.0 Å². The van der Waals surface area contributed by atoms with Crippen molar-refractivity contribution >= 4 is 17.8 Å². The van der Waals surface area contributed by atoms with Gasteiger partial charge in [-0.05, 0) is 70.2 Å². The molecular weight excluding hydrogens is 488 g/mol. The van der Waals surface area contributed by atoms with Gasteiger partial charge in [0.2, 0.25) is 0 Å². The van der Waals surface area contributed by atoms with Crippen molar-refractivity contribution in [1.82, 2.24) is 10.2 Å². The lowest BCUT2D eigenvalue weighted by Gasteiger charge is -2.40. The molecule has 38 heavy (non-hydrogen) atoms. The summed E-state index contributed by atoms with van der Waals surface area (Å²) in [4.78, 5) is 39.4. The molecule has 1 atom stereocenters. The third-order valence-electron chi connectivity index (χ3n) is 6.66. The van der Waals surface area contributed by atoms with Crippen LogP contribution < -0.4 is 14.8 Å². The SMILES string of the molecule is CCOc1cc(C(C)N(CCCCc2ccccc2)C(=O)NC2(C(=O)O)COC2)cc(OCC)c1C(C)=O. The monoisotopic (exact) mass is 526 g/mol. The first-order chi connectivity index (χ1) is 18.2. The third-order valence-corrected chi connectivity index (χ3v) is 6.66. The summed E-state index contributed by atoms with van der Waals surface area (Å²) in [5, 5.41) is 12.4. The van der Waals surface area contributed by atoms with Crippen molar-refractivity contribution in [3.8, 4) is 11.5 Å². The standard InChI is InChI=1S/C29H38N2O7/c1-5-37-24-16-23(17-25(38-6-2)26(24)21(4)32)20(3)31(15-11-10-14-22-12-8-7-9-13-22)28(35)30-29(27(33)34)18-36-19-29/h7-9,12-13,16-17,20H,5-6,10-11,14-15,18-19H2,1-4H3,(H,30,35)(H,33,34). The minimum atomic E-state index is -1.44. The van der Waals surface area contributed by atoms with Gasteiger partial charge in [-0.25, -0.2) is 9.59 Å². The average Bonchev–Trinajstić information content (AvgIpc) is 2.86. The van der Waals surface area contributed by atoms with Gasteiger partial charge in [0.1, 0.15) is 17.1 Å². The highest BCUT2D eigenvalue weighted by Crippen LogP contribution is 2.36. The number of benzene rings is 2. The highest BCUT2D eigenvalue weighted by atomic mass is 16.5. The maximum Gasteiger partial charge on any atom is 0.334 e. The van der Waals surface area contributed by atoms with E-state index in [1.165, 1.54) is 12.5 Å². The number of urea groups is 1. The lowest BCUT2D eigenvalue weighted by molar-refractivity contribution is -0.164. The van der Waals surface area contributed by atoms with Crippen molar-refractivity contribution in [2.75, 3.05) is 33.0 Å². The maximum atomic E-state index is 13.5. The zero-order valence-corrected chi connectivity index (χ0v) is 22.6. The minimum absolute atomic E-state index is 0.0828. The van der Waals surface area contributed by atoms with Gasteiger partial charge in [-0.2, -0.15) is 0 Å². The highest BCUT2D eigenvalue weighted by Gasteiger charge is 2.48. The van der Waals surface area contributed by atoms with Crippen LogP contribution in [0.1, 0.15) is 68.1 Å². The van der Waals surface area contributed by atoms with Gasteiger partial charge >= 0.3 is 12.0 Å². The number of nitrogens with zero attached hydrogens (tertiary/aromatic N) is 1. The number of rotatable bonds is 14. The Morgan fingerprint density at radius 1 is 1.05 bits per heavy atom. The van der Waals surface area contributed by atoms with E-state index >= 15 is 0 Å². The molecule has 2 aromatic rings. The number of ketones is 1. The highest BCUT2D eigenvalue weighted by molar-refractivity contribution is 5.99. The molecule has 9 nitrogen and oxygen atoms in total. The molecule has 0 spiro atoms. The second kappa shape index (κ2) is 13.3. The molecule has 0 aliphatic carbocycles. The quantitative estimate of drug-likeness (QED) is 0.272. The molecule has 206 valence electrons. The molecule has 2 N–H and O–H groups in total. The Hall–Kier alpha value is -3.59. The summed E-state index contributed by atoms with van der Waals surface area (Å²) in [6.07, 6.45) is 2.44. The fourth-order valence-electron chi connectivity index (χ4n) is 4.48. The number of amides is 2. The minimum Gasteiger partial charge on any atom is -0.493 e. The lowest BCUT2D eigenvalue weighted by atomic mass is 9.97. The Kier molecular flexibility index (Phi) is 10.1. The van der Waals surface area contributed by atoms with Crippen LogP contribution in [0, 0.1) is 0 Å². The number of ether oxygens (including phenoxy) is 3. The van der Waals surface area contributed by atoms with Crippen LogP contribution in [0.15, 0.2) is 42.5 Å². The van der Waals surface area contributed by atoms with E-state index in [0.29, 0.717) is 48.8 Å². The van der Waals surface area contributed by atoms with Crippen molar-refractivity contribution in [2.45, 2.75) is 58.5 Å². The number of carbonyl (C=O) groups excluding carboxylic acids is 2. The van der Waals surface area contributed by atoms with Crippen LogP contribution in [0.3, 0.4) is 0 Å². The number of hydrogen-bond acceptors (Lipinski definition) is 6. The summed E-state index contributed by atoms with van der Waals surface area (Å²) in [7, 11) is 0. The van der Waals surface area contributed by atoms with Crippen LogP contribution in [0.25, 0.3) is 0 Å². The Labute approximate surface area is 224 Å². The van der Waals surface area contributed by atoms with E-state index in [2.05, 4.69) is 17.4 Å². The summed E-state index contributed by atoms with van der Waals surface area (Å²) in [6, 6.07) is 12.7. The first-order valence-electron chi connectivity index (χ1n) is 13.1. The summed E-state index contributed by atoms with van der Waals surface area (Å²) in [6.45, 7) is 7.94. The number of aliphatic carboxylic acids is 1. The molecule has 3 rings (SSSR count). The molecule has 0 radical (unpaired) electrons. The number of aryl methyl sites for hydroxylation is 1. The van der Waals surface area contributed by atoms with Crippen LogP contribution >= 0.6 is 0 Å². The third kappa shape index (κ3) is 6.83. The second-order valence-electron chi connectivity index (χ2n) is 9.44. The number of nitrogens with one attached hydrogen (secondary N) is 1. The molecule has 1 aliphatic rings. The molecule has 1 aliphatic heterocycles. The van der Waals surface area contributed by atoms with Gasteiger partial charge in [0.15, 0.2) is 11.3 Å². The van der Waals surface area contributed by atoms with Crippen molar-refractivity contribution in [3.63, 3.8) is 0 Å². The summed E-state index contributed by atoms with van der Waals surface area (Å²) in [5.74, 6) is -0.518. The van der Waals surface area contributed by atoms with E-state index in [1.54, 1.807) is 17.0 Å². The van der Waals surface area contributed by atoms with Gasteiger partial charge in [0, 0.05) is 6.54 Å². The molecule has 1 fully saturated rings. The molecule has 1 unspecified atom stereocenters. The first-order valence-corrected chi connectivity index (χ1v) is 13.1. The van der Waals surface area contributed by atoms with E-state index in [4.69, 9.17) is 14.2 Å². The summed E-state index contributed by atoms with van der Waals surface area (Å²) >= 11 is 0. The van der Waals surface area contributed by atoms with E-state index in [1.807, 2.05) is 39.0 Å². The topological polar surface area (TPSA) is 114 Å². The second-order valence-corrected chi connectivity index (χ2v) is 9.44. The Bertz CT molecular complexity index is 1090. The number of Topliss-reactive ketones (excluding diaryl/α,β-unsaturated/α-hetero) is 1. The van der Waals surface area contributed by atoms with Crippen LogP contribution in [-0.4, -0.2) is 66.3 Å². The molecule has 2 aromatic carbocycles. The Morgan fingerprint density at radius 2 is 1.66 bits per heavy atom. The number of unbranched alkanes of at least 4 members (excludes halogenated alkanes) is 1. The number of hydrogen-bond donors (Lipinski definition) is 2. The molecule has 1 heterocycles. The molecule has 2 amide bonds. The van der Waals surface area contributed by atoms with Gasteiger partial charge in [0.05, 0.1) is 32.5 Å². The van der Waals surface area contributed by atoms with Gasteiger partial charge in [0.25, 0.3) is 0 Å². The molecule has 0 bridgehead atoms. The van der Waals surface area contributed by atoms with E-state index in [9.17, 15) is 19.5 Å². The van der Waals surface area contributed by atoms with Gasteiger partial charge in [-0.1, -0.05) is 30.3 Å². The fourth-order valence-corrected chi connectivity index (χ4v) is 4.48. The largest absolute Gasteiger partial charge is 0.493 e. The Balaban J connectivity index is 1.89. The van der Waals surface area contributed by atoms with Crippen molar-refractivity contribution < 1.29 is 33.7 Å². The lowest BCUT2D eigenvalue weighted by Crippen LogP contribution is -2.68. The summed E-state index contributed by atoms with van der Waals surface area (Å²) < 4.78 is 16.7. The van der Waals surface area contributed by atoms with Gasteiger partial charge in [-0.3, -0.25) is 4.79 Å². The predicted molar refractivity (Wildman–Crippen MR) is 143 cm³/mol. The number of carboxylic acid groups (broad SMARTS) is 1. The molecular formula is C29H38N2O7. The molecule has 1 saturated heterocycles. The van der Waals surface area contributed by atoms with Gasteiger partial charge < -0.3 is 29.5 Å². The predicted octanol–water partition coefficient (Wildman–Crippen LogP) is 4.64. The van der Waals surface area contributed by atoms with Crippen molar-refractivity contribution in [2.24, 2.45) is 0 Å². The van der Waals surface area contributed by atoms with Crippen LogP contribution in [0.2, 0.25) is 0 Å². The van der Waals surface area contributed by atoms with E-state index < -0.39 is 23.6 Å². The first kappa shape index (κ1) is 29.0. The van der Waals surface area contributed by atoms with E-state index in [0.717, 1.165) is 12.8 Å².